The van der Waals surface area contributed by atoms with Crippen LogP contribution < -0.4 is 4.74 Å². The number of thiophene rings is 1. The van der Waals surface area contributed by atoms with E-state index in [-0.39, 0.29) is 12.0 Å². The number of hydrogen-bond donors (Lipinski definition) is 0. The van der Waals surface area contributed by atoms with Gasteiger partial charge in [-0.1, -0.05) is 18.2 Å². The average molecular weight is 331 g/mol. The molecule has 2 heterocycles. The van der Waals surface area contributed by atoms with Crippen molar-refractivity contribution in [3.05, 3.63) is 46.7 Å². The molecule has 4 rings (SSSR count). The van der Waals surface area contributed by atoms with E-state index in [2.05, 4.69) is 11.4 Å². The molecular weight excluding hydrogens is 314 g/mol. The molecule has 22 heavy (non-hydrogen) atoms. The summed E-state index contributed by atoms with van der Waals surface area (Å²) < 4.78 is 5.96. The quantitative estimate of drug-likeness (QED) is 0.853. The number of fused-ring (bicyclic) bond motifs is 1. The van der Waals surface area contributed by atoms with E-state index in [4.69, 9.17) is 4.74 Å². The van der Waals surface area contributed by atoms with Crippen LogP contribution in [0.5, 0.6) is 5.75 Å². The van der Waals surface area contributed by atoms with Crippen LogP contribution in [0.3, 0.4) is 0 Å². The van der Waals surface area contributed by atoms with Gasteiger partial charge in [0.25, 0.3) is 5.91 Å². The fourth-order valence-electron chi connectivity index (χ4n) is 2.67. The Hall–Kier alpha value is -1.46. The standard InChI is InChI=1S/C17H17NO2S2/c19-17(15-11-22-16-6-2-1-5-14(16)20-15)18(12-7-8-12)10-13-4-3-9-21-13/h1-6,9,12,15H,7-8,10-11H2/t15-/m0/s1. The van der Waals surface area contributed by atoms with Crippen molar-refractivity contribution < 1.29 is 9.53 Å². The Morgan fingerprint density at radius 2 is 2.09 bits per heavy atom. The van der Waals surface area contributed by atoms with E-state index in [1.165, 1.54) is 4.88 Å². The second-order valence-electron chi connectivity index (χ2n) is 5.64. The van der Waals surface area contributed by atoms with Crippen molar-refractivity contribution in [2.45, 2.75) is 36.4 Å². The van der Waals surface area contributed by atoms with Gasteiger partial charge < -0.3 is 9.64 Å². The van der Waals surface area contributed by atoms with Gasteiger partial charge in [0.2, 0.25) is 0 Å². The van der Waals surface area contributed by atoms with Crippen LogP contribution in [0.1, 0.15) is 17.7 Å². The molecule has 1 aromatic carbocycles. The van der Waals surface area contributed by atoms with Crippen LogP contribution in [0.4, 0.5) is 0 Å². The van der Waals surface area contributed by atoms with Crippen LogP contribution in [0, 0.1) is 0 Å². The normalized spacial score (nSPS) is 20.1. The molecule has 2 aromatic rings. The molecule has 0 N–H and O–H groups in total. The second-order valence-corrected chi connectivity index (χ2v) is 7.73. The third-order valence-electron chi connectivity index (χ3n) is 3.96. The highest BCUT2D eigenvalue weighted by atomic mass is 32.2. The van der Waals surface area contributed by atoms with Gasteiger partial charge >= 0.3 is 0 Å². The van der Waals surface area contributed by atoms with Gasteiger partial charge in [0.1, 0.15) is 5.75 Å². The molecule has 1 aromatic heterocycles. The largest absolute Gasteiger partial charge is 0.479 e. The number of nitrogens with zero attached hydrogens (tertiary/aromatic N) is 1. The van der Waals surface area contributed by atoms with Crippen molar-refractivity contribution in [2.75, 3.05) is 5.75 Å². The highest BCUT2D eigenvalue weighted by Crippen LogP contribution is 2.37. The van der Waals surface area contributed by atoms with Crippen LogP contribution in [-0.4, -0.2) is 28.7 Å². The summed E-state index contributed by atoms with van der Waals surface area (Å²) in [5.74, 6) is 1.67. The van der Waals surface area contributed by atoms with E-state index in [9.17, 15) is 4.79 Å². The maximum atomic E-state index is 12.9. The second kappa shape index (κ2) is 5.97. The van der Waals surface area contributed by atoms with E-state index >= 15 is 0 Å². The van der Waals surface area contributed by atoms with Crippen LogP contribution in [0.25, 0.3) is 0 Å². The number of carbonyl (C=O) groups excluding carboxylic acids is 1. The molecule has 0 radical (unpaired) electrons. The predicted octanol–water partition coefficient (Wildman–Crippen LogP) is 3.79. The van der Waals surface area contributed by atoms with Gasteiger partial charge in [-0.2, -0.15) is 0 Å². The molecule has 0 spiro atoms. The van der Waals surface area contributed by atoms with E-state index < -0.39 is 0 Å². The molecule has 1 saturated carbocycles. The highest BCUT2D eigenvalue weighted by Gasteiger charge is 2.38. The zero-order chi connectivity index (χ0) is 14.9. The number of benzene rings is 1. The minimum absolute atomic E-state index is 0.137. The molecule has 0 bridgehead atoms. The smallest absolute Gasteiger partial charge is 0.265 e. The predicted molar refractivity (Wildman–Crippen MR) is 89.5 cm³/mol. The number of ether oxygens (including phenoxy) is 1. The molecule has 0 unspecified atom stereocenters. The number of hydrogen-bond acceptors (Lipinski definition) is 4. The lowest BCUT2D eigenvalue weighted by Crippen LogP contribution is -2.44. The van der Waals surface area contributed by atoms with Gasteiger partial charge in [-0.15, -0.1) is 23.1 Å². The Balaban J connectivity index is 1.50. The summed E-state index contributed by atoms with van der Waals surface area (Å²) in [5.41, 5.74) is 0. The fraction of sp³-hybridized carbons (Fsp3) is 0.353. The molecule has 114 valence electrons. The van der Waals surface area contributed by atoms with Crippen LogP contribution >= 0.6 is 23.1 Å². The number of amides is 1. The van der Waals surface area contributed by atoms with E-state index in [1.54, 1.807) is 23.1 Å². The molecule has 3 nitrogen and oxygen atoms in total. The van der Waals surface area contributed by atoms with Crippen molar-refractivity contribution >= 4 is 29.0 Å². The van der Waals surface area contributed by atoms with Crippen LogP contribution in [-0.2, 0) is 11.3 Å². The first-order valence-corrected chi connectivity index (χ1v) is 9.39. The first kappa shape index (κ1) is 14.2. The van der Waals surface area contributed by atoms with Gasteiger partial charge in [-0.25, -0.2) is 0 Å². The number of rotatable bonds is 4. The number of para-hydroxylation sites is 1. The summed E-state index contributed by atoms with van der Waals surface area (Å²) in [6.07, 6.45) is 1.88. The lowest BCUT2D eigenvalue weighted by atomic mass is 10.2. The summed E-state index contributed by atoms with van der Waals surface area (Å²) in [4.78, 5) is 17.3. The zero-order valence-corrected chi connectivity index (χ0v) is 13.7. The number of thioether (sulfide) groups is 1. The highest BCUT2D eigenvalue weighted by molar-refractivity contribution is 7.99. The molecule has 0 saturated heterocycles. The third-order valence-corrected chi connectivity index (χ3v) is 5.94. The Bertz CT molecular complexity index is 667. The van der Waals surface area contributed by atoms with Crippen LogP contribution in [0.15, 0.2) is 46.7 Å². The van der Waals surface area contributed by atoms with Crippen molar-refractivity contribution in [1.82, 2.24) is 4.90 Å². The van der Waals surface area contributed by atoms with Gasteiger partial charge in [0.05, 0.1) is 6.54 Å². The fourth-order valence-corrected chi connectivity index (χ4v) is 4.35. The molecule has 1 fully saturated rings. The Kier molecular flexibility index (Phi) is 3.84. The van der Waals surface area contributed by atoms with E-state index in [1.807, 2.05) is 35.2 Å². The van der Waals surface area contributed by atoms with E-state index in [0.717, 1.165) is 23.5 Å². The van der Waals surface area contributed by atoms with Crippen LogP contribution in [0.2, 0.25) is 0 Å². The van der Waals surface area contributed by atoms with Gasteiger partial charge in [0.15, 0.2) is 6.10 Å². The molecule has 5 heteroatoms. The monoisotopic (exact) mass is 331 g/mol. The summed E-state index contributed by atoms with van der Waals surface area (Å²) in [6.45, 7) is 0.716. The van der Waals surface area contributed by atoms with Crippen molar-refractivity contribution in [2.24, 2.45) is 0 Å². The Morgan fingerprint density at radius 1 is 1.23 bits per heavy atom. The molecule has 1 aliphatic heterocycles. The Morgan fingerprint density at radius 3 is 2.86 bits per heavy atom. The van der Waals surface area contributed by atoms with Gasteiger partial charge in [-0.3, -0.25) is 4.79 Å². The summed E-state index contributed by atoms with van der Waals surface area (Å²) >= 11 is 3.42. The summed E-state index contributed by atoms with van der Waals surface area (Å²) in [6, 6.07) is 12.5. The first-order chi connectivity index (χ1) is 10.8. The minimum atomic E-state index is -0.361. The first-order valence-electron chi connectivity index (χ1n) is 7.52. The maximum Gasteiger partial charge on any atom is 0.265 e. The topological polar surface area (TPSA) is 29.5 Å². The van der Waals surface area contributed by atoms with Crippen molar-refractivity contribution in [3.8, 4) is 5.75 Å². The molecule has 1 aliphatic carbocycles. The summed E-state index contributed by atoms with van der Waals surface area (Å²) in [7, 11) is 0. The van der Waals surface area contributed by atoms with Crippen molar-refractivity contribution in [1.29, 1.82) is 0 Å². The third kappa shape index (κ3) is 2.88. The lowest BCUT2D eigenvalue weighted by molar-refractivity contribution is -0.139. The molecule has 1 atom stereocenters. The van der Waals surface area contributed by atoms with Crippen molar-refractivity contribution in [3.63, 3.8) is 0 Å². The van der Waals surface area contributed by atoms with E-state index in [0.29, 0.717) is 18.3 Å². The molecule has 2 aliphatic rings. The number of carbonyl (C=O) groups is 1. The minimum Gasteiger partial charge on any atom is -0.479 e. The SMILES string of the molecule is O=C([C@@H]1CSc2ccccc2O1)N(Cc1cccs1)C1CC1. The van der Waals surface area contributed by atoms with Gasteiger partial charge in [0, 0.05) is 21.6 Å². The Labute approximate surface area is 138 Å². The zero-order valence-electron chi connectivity index (χ0n) is 12.1. The van der Waals surface area contributed by atoms with Gasteiger partial charge in [-0.05, 0) is 36.4 Å². The average Bonchev–Trinajstić information content (AvgIpc) is 3.27. The maximum absolute atomic E-state index is 12.9. The molecule has 1 amide bonds. The lowest BCUT2D eigenvalue weighted by Gasteiger charge is -2.30. The summed E-state index contributed by atoms with van der Waals surface area (Å²) in [5, 5.41) is 2.06. The molecular formula is C17H17NO2S2.